The van der Waals surface area contributed by atoms with Crippen molar-refractivity contribution in [3.63, 3.8) is 0 Å². The van der Waals surface area contributed by atoms with Crippen molar-refractivity contribution in [2.75, 3.05) is 13.2 Å². The minimum absolute atomic E-state index is 0.204. The third-order valence-electron chi connectivity index (χ3n) is 8.94. The molecule has 1 unspecified atom stereocenters. The minimum Gasteiger partial charge on any atom is -0.394 e. The van der Waals surface area contributed by atoms with Crippen molar-refractivity contribution in [2.24, 2.45) is 45.4 Å². The maximum absolute atomic E-state index is 10.1. The number of hydrogen-bond donors (Lipinski definition) is 2. The molecule has 4 heteroatoms. The van der Waals surface area contributed by atoms with Crippen molar-refractivity contribution in [1.29, 1.82) is 0 Å². The summed E-state index contributed by atoms with van der Waals surface area (Å²) in [7, 11) is 0. The molecule has 0 radical (unpaired) electrons. The lowest BCUT2D eigenvalue weighted by molar-refractivity contribution is -0.0496. The summed E-state index contributed by atoms with van der Waals surface area (Å²) in [6.45, 7) is 6.04. The highest BCUT2D eigenvalue weighted by Crippen LogP contribution is 2.66. The third-order valence-corrected chi connectivity index (χ3v) is 8.94. The van der Waals surface area contributed by atoms with E-state index in [1.807, 2.05) is 0 Å². The van der Waals surface area contributed by atoms with E-state index < -0.39 is 0 Å². The quantitative estimate of drug-likeness (QED) is 0.318. The average Bonchev–Trinajstić information content (AvgIpc) is 3.01. The highest BCUT2D eigenvalue weighted by atomic mass is 16.6. The van der Waals surface area contributed by atoms with Crippen LogP contribution in [0.15, 0.2) is 29.0 Å². The van der Waals surface area contributed by atoms with Gasteiger partial charge in [0.15, 0.2) is 0 Å². The summed E-state index contributed by atoms with van der Waals surface area (Å²) in [5.41, 5.74) is 7.74. The standard InChI is InChI=1S/C24H38N2O2/c1-23-12-10-22-20(7-5-18-16-19(27)9-11-24(18,22)2)21(23)8-6-17(23)4-3-14-26-28-15-13-25/h3-4,14,16-17,19-22,27H,5-13,15,25H2,1-2H3/b4-3+,26-14+/t17-,19?,20-,21-,22-,23+,24-/m0/s1. The lowest BCUT2D eigenvalue weighted by Gasteiger charge is -2.58. The largest absolute Gasteiger partial charge is 0.394 e. The average molecular weight is 387 g/mol. The SMILES string of the molecule is C[C@]12CC[C@H]3[C@@H](CCC4=CC(O)CC[C@@]43C)[C@@H]1CC[C@@H]2/C=C/C=N/OCCN. The molecule has 3 fully saturated rings. The normalized spacial score (nSPS) is 45.6. The summed E-state index contributed by atoms with van der Waals surface area (Å²) in [5, 5.41) is 14.1. The maximum Gasteiger partial charge on any atom is 0.129 e. The number of hydrogen-bond acceptors (Lipinski definition) is 4. The van der Waals surface area contributed by atoms with Gasteiger partial charge in [-0.1, -0.05) is 36.7 Å². The van der Waals surface area contributed by atoms with E-state index in [9.17, 15) is 5.11 Å². The molecular weight excluding hydrogens is 348 g/mol. The molecule has 4 aliphatic carbocycles. The van der Waals surface area contributed by atoms with Gasteiger partial charge in [0.05, 0.1) is 12.3 Å². The fraction of sp³-hybridized carbons (Fsp3) is 0.792. The number of allylic oxidation sites excluding steroid dienone is 3. The highest BCUT2D eigenvalue weighted by molar-refractivity contribution is 5.70. The zero-order chi connectivity index (χ0) is 19.8. The molecule has 4 nitrogen and oxygen atoms in total. The molecule has 0 aromatic rings. The van der Waals surface area contributed by atoms with Crippen LogP contribution in [0.2, 0.25) is 0 Å². The van der Waals surface area contributed by atoms with Crippen LogP contribution >= 0.6 is 0 Å². The first-order chi connectivity index (χ1) is 13.5. The molecule has 0 aromatic heterocycles. The van der Waals surface area contributed by atoms with Crippen molar-refractivity contribution >= 4 is 6.21 Å². The van der Waals surface area contributed by atoms with E-state index in [0.29, 0.717) is 29.9 Å². The number of nitrogens with two attached hydrogens (primary N) is 1. The Morgan fingerprint density at radius 2 is 2.04 bits per heavy atom. The first-order valence-corrected chi connectivity index (χ1v) is 11.4. The van der Waals surface area contributed by atoms with Crippen molar-refractivity contribution in [2.45, 2.75) is 71.3 Å². The molecule has 3 saturated carbocycles. The summed E-state index contributed by atoms with van der Waals surface area (Å²) in [6, 6.07) is 0. The second kappa shape index (κ2) is 7.95. The highest BCUT2D eigenvalue weighted by Gasteiger charge is 2.58. The van der Waals surface area contributed by atoms with Crippen molar-refractivity contribution in [1.82, 2.24) is 0 Å². The van der Waals surface area contributed by atoms with Gasteiger partial charge in [0.25, 0.3) is 0 Å². The van der Waals surface area contributed by atoms with Gasteiger partial charge in [-0.25, -0.2) is 0 Å². The summed E-state index contributed by atoms with van der Waals surface area (Å²) in [4.78, 5) is 5.09. The summed E-state index contributed by atoms with van der Waals surface area (Å²) in [5.74, 6) is 3.16. The Balaban J connectivity index is 1.47. The second-order valence-corrected chi connectivity index (χ2v) is 10.1. The van der Waals surface area contributed by atoms with E-state index in [4.69, 9.17) is 10.6 Å². The number of rotatable bonds is 5. The van der Waals surface area contributed by atoms with Crippen LogP contribution in [0.3, 0.4) is 0 Å². The molecule has 0 saturated heterocycles. The predicted octanol–water partition coefficient (Wildman–Crippen LogP) is 4.44. The van der Waals surface area contributed by atoms with Crippen LogP contribution in [0.4, 0.5) is 0 Å². The molecule has 4 aliphatic rings. The fourth-order valence-electron chi connectivity index (χ4n) is 7.43. The molecule has 7 atom stereocenters. The third kappa shape index (κ3) is 3.37. The zero-order valence-electron chi connectivity index (χ0n) is 17.6. The first-order valence-electron chi connectivity index (χ1n) is 11.4. The lowest BCUT2D eigenvalue weighted by Crippen LogP contribution is -2.50. The van der Waals surface area contributed by atoms with E-state index in [1.54, 1.807) is 11.8 Å². The van der Waals surface area contributed by atoms with E-state index in [1.165, 1.54) is 44.9 Å². The van der Waals surface area contributed by atoms with E-state index in [-0.39, 0.29) is 6.10 Å². The van der Waals surface area contributed by atoms with Crippen LogP contribution in [-0.4, -0.2) is 30.6 Å². The van der Waals surface area contributed by atoms with Gasteiger partial charge in [-0.3, -0.25) is 0 Å². The molecule has 0 amide bonds. The van der Waals surface area contributed by atoms with Crippen molar-refractivity contribution < 1.29 is 9.94 Å². The monoisotopic (exact) mass is 386 g/mol. The molecule has 0 spiro atoms. The summed E-state index contributed by atoms with van der Waals surface area (Å²) < 4.78 is 0. The summed E-state index contributed by atoms with van der Waals surface area (Å²) in [6.07, 6.45) is 18.2. The van der Waals surface area contributed by atoms with E-state index >= 15 is 0 Å². The van der Waals surface area contributed by atoms with Crippen LogP contribution in [0, 0.1) is 34.5 Å². The van der Waals surface area contributed by atoms with Gasteiger partial charge in [0, 0.05) is 6.54 Å². The van der Waals surface area contributed by atoms with Gasteiger partial charge in [0.1, 0.15) is 6.61 Å². The van der Waals surface area contributed by atoms with Gasteiger partial charge in [-0.2, -0.15) is 0 Å². The van der Waals surface area contributed by atoms with Crippen molar-refractivity contribution in [3.05, 3.63) is 23.8 Å². The smallest absolute Gasteiger partial charge is 0.129 e. The Kier molecular flexibility index (Phi) is 5.72. The number of aliphatic hydroxyl groups excluding tert-OH is 1. The Bertz CT molecular complexity index is 657. The van der Waals surface area contributed by atoms with Crippen LogP contribution < -0.4 is 5.73 Å². The Labute approximate surface area is 170 Å². The minimum atomic E-state index is -0.204. The van der Waals surface area contributed by atoms with Gasteiger partial charge in [0.2, 0.25) is 0 Å². The van der Waals surface area contributed by atoms with Gasteiger partial charge in [-0.05, 0) is 91.9 Å². The fourth-order valence-corrected chi connectivity index (χ4v) is 7.43. The Morgan fingerprint density at radius 3 is 2.86 bits per heavy atom. The Morgan fingerprint density at radius 1 is 1.18 bits per heavy atom. The van der Waals surface area contributed by atoms with Crippen LogP contribution in [0.5, 0.6) is 0 Å². The maximum atomic E-state index is 10.1. The van der Waals surface area contributed by atoms with Gasteiger partial charge < -0.3 is 15.7 Å². The second-order valence-electron chi connectivity index (χ2n) is 10.1. The van der Waals surface area contributed by atoms with Crippen LogP contribution in [-0.2, 0) is 4.84 Å². The summed E-state index contributed by atoms with van der Waals surface area (Å²) >= 11 is 0. The molecule has 4 rings (SSSR count). The number of fused-ring (bicyclic) bond motifs is 5. The topological polar surface area (TPSA) is 67.8 Å². The molecule has 3 N–H and O–H groups in total. The predicted molar refractivity (Wildman–Crippen MR) is 114 cm³/mol. The molecule has 0 bridgehead atoms. The molecular formula is C24H38N2O2. The molecule has 0 heterocycles. The number of nitrogens with zero attached hydrogens (tertiary/aromatic N) is 1. The zero-order valence-corrected chi connectivity index (χ0v) is 17.6. The molecule has 28 heavy (non-hydrogen) atoms. The van der Waals surface area contributed by atoms with Gasteiger partial charge >= 0.3 is 0 Å². The number of aliphatic hydroxyl groups is 1. The first kappa shape index (κ1) is 20.2. The number of oxime groups is 1. The lowest BCUT2D eigenvalue weighted by atomic mass is 9.47. The van der Waals surface area contributed by atoms with E-state index in [2.05, 4.69) is 37.2 Å². The molecule has 0 aliphatic heterocycles. The van der Waals surface area contributed by atoms with Gasteiger partial charge in [-0.15, -0.1) is 0 Å². The van der Waals surface area contributed by atoms with Crippen molar-refractivity contribution in [3.8, 4) is 0 Å². The Hall–Kier alpha value is -1.13. The van der Waals surface area contributed by atoms with Crippen LogP contribution in [0.1, 0.15) is 65.2 Å². The van der Waals surface area contributed by atoms with E-state index in [0.717, 1.165) is 24.2 Å². The molecule has 0 aromatic carbocycles. The molecule has 156 valence electrons. The van der Waals surface area contributed by atoms with Crippen LogP contribution in [0.25, 0.3) is 0 Å².